The smallest absolute Gasteiger partial charge is 0.599 e. The van der Waals surface area contributed by atoms with Crippen molar-refractivity contribution >= 4 is 35.6 Å². The van der Waals surface area contributed by atoms with Crippen molar-refractivity contribution in [1.82, 2.24) is 4.98 Å². The molecule has 2 heterocycles. The fourth-order valence-corrected chi connectivity index (χ4v) is 2.94. The third-order valence-corrected chi connectivity index (χ3v) is 4.10. The van der Waals surface area contributed by atoms with E-state index in [1.54, 1.807) is 12.1 Å². The maximum absolute atomic E-state index is 14.8. The van der Waals surface area contributed by atoms with Crippen molar-refractivity contribution in [1.29, 1.82) is 0 Å². The van der Waals surface area contributed by atoms with Gasteiger partial charge in [-0.1, -0.05) is 12.1 Å². The van der Waals surface area contributed by atoms with E-state index >= 15 is 0 Å². The van der Waals surface area contributed by atoms with Gasteiger partial charge in [-0.2, -0.15) is 0 Å². The Labute approximate surface area is 144 Å². The first-order valence-electron chi connectivity index (χ1n) is 7.60. The molecule has 7 nitrogen and oxygen atoms in total. The largest absolute Gasteiger partial charge is 0.834 e. The highest BCUT2D eigenvalue weighted by atomic mass is 19.3. The summed E-state index contributed by atoms with van der Waals surface area (Å²) in [6.07, 6.45) is 1.20. The van der Waals surface area contributed by atoms with Gasteiger partial charge >= 0.3 is 12.6 Å². The molecule has 3 aromatic rings. The average Bonchev–Trinajstić information content (AvgIpc) is 2.61. The SMILES string of the molecule is O=c1[nH]c2ccccc2[n+]2c1C=C(c1ccc([N+](=O)[O-])cc1)O[B-]2(F)F. The van der Waals surface area contributed by atoms with E-state index in [-0.39, 0.29) is 33.7 Å². The molecular formula is C16H10BF2N3O4. The van der Waals surface area contributed by atoms with Crippen LogP contribution < -0.4 is 10.0 Å². The Morgan fingerprint density at radius 3 is 2.50 bits per heavy atom. The summed E-state index contributed by atoms with van der Waals surface area (Å²) in [5.41, 5.74) is -0.525. The molecule has 0 spiro atoms. The molecule has 0 fully saturated rings. The van der Waals surface area contributed by atoms with E-state index in [1.807, 2.05) is 0 Å². The van der Waals surface area contributed by atoms with Crippen molar-refractivity contribution in [2.45, 2.75) is 0 Å². The van der Waals surface area contributed by atoms with E-state index in [0.29, 0.717) is 4.48 Å². The lowest BCUT2D eigenvalue weighted by Gasteiger charge is -2.28. The summed E-state index contributed by atoms with van der Waals surface area (Å²) < 4.78 is 35.0. The van der Waals surface area contributed by atoms with Gasteiger partial charge < -0.3 is 22.7 Å². The van der Waals surface area contributed by atoms with Crippen molar-refractivity contribution in [3.8, 4) is 0 Å². The Hall–Kier alpha value is -3.56. The molecule has 0 amide bonds. The highest BCUT2D eigenvalue weighted by Gasteiger charge is 2.51. The first-order valence-corrected chi connectivity index (χ1v) is 7.60. The topological polar surface area (TPSA) is 89.1 Å². The van der Waals surface area contributed by atoms with E-state index in [2.05, 4.69) is 4.98 Å². The van der Waals surface area contributed by atoms with Crippen LogP contribution in [0.5, 0.6) is 0 Å². The number of nitrogens with zero attached hydrogens (tertiary/aromatic N) is 2. The first kappa shape index (κ1) is 15.9. The second-order valence-electron chi connectivity index (χ2n) is 5.72. The van der Waals surface area contributed by atoms with Gasteiger partial charge in [0.2, 0.25) is 5.69 Å². The van der Waals surface area contributed by atoms with Crippen molar-refractivity contribution in [2.75, 3.05) is 0 Å². The van der Waals surface area contributed by atoms with Gasteiger partial charge in [0.25, 0.3) is 5.69 Å². The monoisotopic (exact) mass is 357 g/mol. The Morgan fingerprint density at radius 2 is 1.81 bits per heavy atom. The number of nitro benzene ring substituents is 1. The molecular weight excluding hydrogens is 347 g/mol. The predicted octanol–water partition coefficient (Wildman–Crippen LogP) is 2.47. The Bertz CT molecular complexity index is 1140. The lowest BCUT2D eigenvalue weighted by atomic mass is 9.97. The summed E-state index contributed by atoms with van der Waals surface area (Å²) >= 11 is 0. The van der Waals surface area contributed by atoms with Crippen LogP contribution in [0.1, 0.15) is 11.3 Å². The van der Waals surface area contributed by atoms with Crippen LogP contribution in [-0.4, -0.2) is 16.9 Å². The van der Waals surface area contributed by atoms with Gasteiger partial charge in [-0.25, -0.2) is 0 Å². The number of rotatable bonds is 2. The summed E-state index contributed by atoms with van der Waals surface area (Å²) in [7, 11) is -4.57. The number of halogens is 2. The molecule has 10 heteroatoms. The molecule has 26 heavy (non-hydrogen) atoms. The molecule has 2 aromatic carbocycles. The van der Waals surface area contributed by atoms with E-state index in [0.717, 1.165) is 0 Å². The van der Waals surface area contributed by atoms with Crippen LogP contribution in [0.25, 0.3) is 22.9 Å². The van der Waals surface area contributed by atoms with Crippen molar-refractivity contribution < 1.29 is 22.7 Å². The number of H-pyrrole nitrogens is 1. The second-order valence-corrected chi connectivity index (χ2v) is 5.72. The molecule has 0 bridgehead atoms. The molecule has 0 saturated carbocycles. The quantitative estimate of drug-likeness (QED) is 0.434. The van der Waals surface area contributed by atoms with E-state index in [9.17, 15) is 23.5 Å². The van der Waals surface area contributed by atoms with E-state index < -0.39 is 17.5 Å². The molecule has 1 aliphatic rings. The Balaban J connectivity index is 1.93. The van der Waals surface area contributed by atoms with Crippen LogP contribution in [0.2, 0.25) is 0 Å². The fraction of sp³-hybridized carbons (Fsp3) is 0. The van der Waals surface area contributed by atoms with Crippen LogP contribution in [0, 0.1) is 10.1 Å². The van der Waals surface area contributed by atoms with Gasteiger partial charge in [0, 0.05) is 29.8 Å². The molecule has 0 aliphatic carbocycles. The van der Waals surface area contributed by atoms with E-state index in [4.69, 9.17) is 4.65 Å². The van der Waals surface area contributed by atoms with Gasteiger partial charge in [-0.05, 0) is 18.2 Å². The van der Waals surface area contributed by atoms with Crippen LogP contribution in [-0.2, 0) is 4.65 Å². The highest BCUT2D eigenvalue weighted by Crippen LogP contribution is 2.28. The maximum Gasteiger partial charge on any atom is 0.834 e. The number of nitro groups is 1. The lowest BCUT2D eigenvalue weighted by molar-refractivity contribution is -0.557. The van der Waals surface area contributed by atoms with Crippen molar-refractivity contribution in [3.63, 3.8) is 0 Å². The number of non-ortho nitro benzene ring substituents is 1. The molecule has 0 saturated heterocycles. The molecule has 4 rings (SSSR count). The summed E-state index contributed by atoms with van der Waals surface area (Å²) in [6, 6.07) is 11.1. The highest BCUT2D eigenvalue weighted by molar-refractivity contribution is 6.51. The average molecular weight is 357 g/mol. The van der Waals surface area contributed by atoms with Crippen LogP contribution in [0.4, 0.5) is 14.3 Å². The number of aromatic amines is 1. The number of nitrogens with one attached hydrogen (secondary N) is 1. The third-order valence-electron chi connectivity index (χ3n) is 4.10. The zero-order valence-electron chi connectivity index (χ0n) is 13.1. The fourth-order valence-electron chi connectivity index (χ4n) is 2.94. The molecule has 0 unspecified atom stereocenters. The number of hydrogen-bond acceptors (Lipinski definition) is 4. The Kier molecular flexibility index (Phi) is 3.36. The molecule has 1 N–H and O–H groups in total. The molecule has 1 aromatic heterocycles. The number of benzene rings is 2. The Morgan fingerprint density at radius 1 is 1.12 bits per heavy atom. The maximum atomic E-state index is 14.8. The predicted molar refractivity (Wildman–Crippen MR) is 90.2 cm³/mol. The number of fused-ring (bicyclic) bond motifs is 3. The van der Waals surface area contributed by atoms with Gasteiger partial charge in [-0.15, -0.1) is 0 Å². The normalized spacial score (nSPS) is 15.1. The number of para-hydroxylation sites is 2. The zero-order valence-corrected chi connectivity index (χ0v) is 13.1. The summed E-state index contributed by atoms with van der Waals surface area (Å²) in [6.45, 7) is 0. The first-order chi connectivity index (χ1) is 12.4. The molecule has 130 valence electrons. The summed E-state index contributed by atoms with van der Waals surface area (Å²) in [4.78, 5) is 25.0. The number of aromatic nitrogens is 2. The van der Waals surface area contributed by atoms with Crippen molar-refractivity contribution in [2.24, 2.45) is 0 Å². The molecule has 0 radical (unpaired) electrons. The minimum absolute atomic E-state index is 0.131. The van der Waals surface area contributed by atoms with Gasteiger partial charge in [-0.3, -0.25) is 14.9 Å². The lowest BCUT2D eigenvalue weighted by Crippen LogP contribution is -2.66. The molecule has 1 aliphatic heterocycles. The number of hydrogen-bond donors (Lipinski definition) is 1. The van der Waals surface area contributed by atoms with Gasteiger partial charge in [0.1, 0.15) is 5.52 Å². The molecule has 0 atom stereocenters. The third kappa shape index (κ3) is 2.43. The minimum atomic E-state index is -4.57. The van der Waals surface area contributed by atoms with Crippen LogP contribution in [0.15, 0.2) is 53.3 Å². The standard InChI is InChI=1S/C16H10BF2N3O4/c18-17(19)21-13-4-2-1-3-12(13)20-16(23)14(21)9-15(26-17)10-5-7-11(8-6-10)22(24)25/h1-9H,(H,20,23). The van der Waals surface area contributed by atoms with E-state index in [1.165, 1.54) is 42.5 Å². The second kappa shape index (κ2) is 5.48. The van der Waals surface area contributed by atoms with Gasteiger partial charge in [0.15, 0.2) is 5.52 Å². The van der Waals surface area contributed by atoms with Crippen LogP contribution >= 0.6 is 0 Å². The van der Waals surface area contributed by atoms with Gasteiger partial charge in [0.05, 0.1) is 10.7 Å². The van der Waals surface area contributed by atoms with Crippen LogP contribution in [0.3, 0.4) is 0 Å². The minimum Gasteiger partial charge on any atom is -0.599 e. The summed E-state index contributed by atoms with van der Waals surface area (Å²) in [5.74, 6) is -0.231. The zero-order chi connectivity index (χ0) is 18.5. The van der Waals surface area contributed by atoms with Crippen molar-refractivity contribution in [3.05, 3.63) is 80.3 Å². The summed E-state index contributed by atoms with van der Waals surface area (Å²) in [5, 5.41) is 10.7.